The van der Waals surface area contributed by atoms with Gasteiger partial charge in [-0.1, -0.05) is 6.07 Å². The molecule has 6 nitrogen and oxygen atoms in total. The van der Waals surface area contributed by atoms with Crippen molar-refractivity contribution in [2.45, 2.75) is 26.2 Å². The fourth-order valence-electron chi connectivity index (χ4n) is 4.25. The van der Waals surface area contributed by atoms with Crippen LogP contribution >= 0.6 is 0 Å². The first-order chi connectivity index (χ1) is 13.1. The minimum absolute atomic E-state index is 0.0454. The van der Waals surface area contributed by atoms with Gasteiger partial charge in [0.25, 0.3) is 11.8 Å². The molecule has 1 aromatic heterocycles. The van der Waals surface area contributed by atoms with Gasteiger partial charge < -0.3 is 20.0 Å². The summed E-state index contributed by atoms with van der Waals surface area (Å²) < 4.78 is 5.14. The van der Waals surface area contributed by atoms with Crippen LogP contribution in [0.1, 0.15) is 45.7 Å². The highest BCUT2D eigenvalue weighted by Crippen LogP contribution is 2.37. The van der Waals surface area contributed by atoms with Gasteiger partial charge in [0.1, 0.15) is 0 Å². The van der Waals surface area contributed by atoms with Gasteiger partial charge in [-0.3, -0.25) is 9.59 Å². The van der Waals surface area contributed by atoms with Crippen molar-refractivity contribution in [1.29, 1.82) is 0 Å². The van der Waals surface area contributed by atoms with Gasteiger partial charge in [-0.05, 0) is 62.6 Å². The molecule has 2 aliphatic heterocycles. The van der Waals surface area contributed by atoms with Crippen molar-refractivity contribution in [2.24, 2.45) is 5.41 Å². The zero-order valence-electron chi connectivity index (χ0n) is 15.6. The summed E-state index contributed by atoms with van der Waals surface area (Å²) in [6, 6.07) is 8.74. The van der Waals surface area contributed by atoms with E-state index in [-0.39, 0.29) is 23.0 Å². The van der Waals surface area contributed by atoms with E-state index < -0.39 is 0 Å². The van der Waals surface area contributed by atoms with E-state index in [1.54, 1.807) is 12.1 Å². The quantitative estimate of drug-likeness (QED) is 0.874. The van der Waals surface area contributed by atoms with Gasteiger partial charge in [-0.2, -0.15) is 0 Å². The Morgan fingerprint density at radius 1 is 1.22 bits per heavy atom. The van der Waals surface area contributed by atoms with Crippen molar-refractivity contribution >= 4 is 17.5 Å². The number of carbonyl (C=O) groups excluding carboxylic acids is 2. The molecule has 2 amide bonds. The Morgan fingerprint density at radius 3 is 2.85 bits per heavy atom. The van der Waals surface area contributed by atoms with E-state index >= 15 is 0 Å². The summed E-state index contributed by atoms with van der Waals surface area (Å²) in [7, 11) is 0. The first kappa shape index (κ1) is 17.8. The average Bonchev–Trinajstić information content (AvgIpc) is 3.34. The monoisotopic (exact) mass is 367 g/mol. The van der Waals surface area contributed by atoms with Crippen LogP contribution in [-0.4, -0.2) is 42.9 Å². The summed E-state index contributed by atoms with van der Waals surface area (Å²) in [6.45, 7) is 5.55. The maximum atomic E-state index is 13.1. The number of hydrogen-bond acceptors (Lipinski definition) is 4. The largest absolute Gasteiger partial charge is 0.459 e. The van der Waals surface area contributed by atoms with Crippen molar-refractivity contribution in [3.05, 3.63) is 53.5 Å². The van der Waals surface area contributed by atoms with E-state index in [1.807, 2.05) is 30.0 Å². The van der Waals surface area contributed by atoms with Gasteiger partial charge >= 0.3 is 0 Å². The third-order valence-electron chi connectivity index (χ3n) is 5.84. The number of likely N-dealkylation sites (tertiary alicyclic amines) is 1. The molecule has 2 aliphatic rings. The van der Waals surface area contributed by atoms with E-state index in [0.29, 0.717) is 11.3 Å². The first-order valence-corrected chi connectivity index (χ1v) is 9.52. The summed E-state index contributed by atoms with van der Waals surface area (Å²) in [5.74, 6) is -0.0254. The van der Waals surface area contributed by atoms with E-state index in [9.17, 15) is 9.59 Å². The van der Waals surface area contributed by atoms with Crippen molar-refractivity contribution in [2.75, 3.05) is 31.5 Å². The van der Waals surface area contributed by atoms with Crippen molar-refractivity contribution < 1.29 is 14.0 Å². The standard InChI is InChI=1S/C21H25N3O3/c1-15-16(5-2-6-17(15)23-19(25)18-7-3-12-27-18)20(26)24-11-9-21(14-24)8-4-10-22-13-21/h2-3,5-7,12,22H,4,8-11,13-14H2,1H3,(H,23,25). The van der Waals surface area contributed by atoms with E-state index in [1.165, 1.54) is 19.1 Å². The number of benzene rings is 1. The van der Waals surface area contributed by atoms with E-state index in [2.05, 4.69) is 10.6 Å². The molecule has 1 aromatic carbocycles. The number of furan rings is 1. The van der Waals surface area contributed by atoms with Crippen molar-refractivity contribution in [3.8, 4) is 0 Å². The number of hydrogen-bond donors (Lipinski definition) is 2. The van der Waals surface area contributed by atoms with Crippen LogP contribution in [0.2, 0.25) is 0 Å². The molecule has 27 heavy (non-hydrogen) atoms. The van der Waals surface area contributed by atoms with Gasteiger partial charge in [-0.25, -0.2) is 0 Å². The lowest BCUT2D eigenvalue weighted by molar-refractivity contribution is 0.0763. The molecular weight excluding hydrogens is 342 g/mol. The van der Waals surface area contributed by atoms with Crippen LogP contribution in [0.15, 0.2) is 41.0 Å². The summed E-state index contributed by atoms with van der Waals surface area (Å²) in [6.07, 6.45) is 4.88. The highest BCUT2D eigenvalue weighted by atomic mass is 16.3. The smallest absolute Gasteiger partial charge is 0.291 e. The highest BCUT2D eigenvalue weighted by Gasteiger charge is 2.41. The Kier molecular flexibility index (Phi) is 4.74. The molecule has 0 saturated carbocycles. The molecule has 2 N–H and O–H groups in total. The zero-order valence-corrected chi connectivity index (χ0v) is 15.6. The molecular formula is C21H25N3O3. The lowest BCUT2D eigenvalue weighted by Gasteiger charge is -2.33. The maximum absolute atomic E-state index is 13.1. The second-order valence-electron chi connectivity index (χ2n) is 7.67. The Bertz CT molecular complexity index is 838. The fourth-order valence-corrected chi connectivity index (χ4v) is 4.25. The molecule has 1 atom stereocenters. The number of anilines is 1. The molecule has 0 aliphatic carbocycles. The SMILES string of the molecule is Cc1c(NC(=O)c2ccco2)cccc1C(=O)N1CCC2(CCCNC2)C1. The number of carbonyl (C=O) groups is 2. The third-order valence-corrected chi connectivity index (χ3v) is 5.84. The normalized spacial score (nSPS) is 22.2. The second-order valence-corrected chi connectivity index (χ2v) is 7.67. The third kappa shape index (κ3) is 3.49. The molecule has 3 heterocycles. The fraction of sp³-hybridized carbons (Fsp3) is 0.429. The molecule has 1 unspecified atom stereocenters. The van der Waals surface area contributed by atoms with E-state index in [4.69, 9.17) is 4.42 Å². The topological polar surface area (TPSA) is 74.6 Å². The van der Waals surface area contributed by atoms with Gasteiger partial charge in [0.05, 0.1) is 6.26 Å². The van der Waals surface area contributed by atoms with Gasteiger partial charge in [-0.15, -0.1) is 0 Å². The summed E-state index contributed by atoms with van der Waals surface area (Å²) >= 11 is 0. The van der Waals surface area contributed by atoms with Crippen LogP contribution < -0.4 is 10.6 Å². The second kappa shape index (κ2) is 7.19. The molecule has 0 bridgehead atoms. The van der Waals surface area contributed by atoms with Crippen LogP contribution in [0.5, 0.6) is 0 Å². The molecule has 4 rings (SSSR count). The number of amides is 2. The summed E-state index contributed by atoms with van der Waals surface area (Å²) in [4.78, 5) is 27.4. The lowest BCUT2D eigenvalue weighted by atomic mass is 9.80. The zero-order chi connectivity index (χ0) is 18.9. The van der Waals surface area contributed by atoms with Crippen LogP contribution in [0.3, 0.4) is 0 Å². The number of piperidine rings is 1. The molecule has 0 radical (unpaired) electrons. The first-order valence-electron chi connectivity index (χ1n) is 9.52. The average molecular weight is 367 g/mol. The molecule has 142 valence electrons. The summed E-state index contributed by atoms with van der Waals surface area (Å²) in [5.41, 5.74) is 2.29. The Labute approximate surface area is 158 Å². The lowest BCUT2D eigenvalue weighted by Crippen LogP contribution is -2.42. The maximum Gasteiger partial charge on any atom is 0.291 e. The number of nitrogens with zero attached hydrogens (tertiary/aromatic N) is 1. The van der Waals surface area contributed by atoms with Crippen molar-refractivity contribution in [3.63, 3.8) is 0 Å². The van der Waals surface area contributed by atoms with Gasteiger partial charge in [0.15, 0.2) is 5.76 Å². The van der Waals surface area contributed by atoms with Crippen molar-refractivity contribution in [1.82, 2.24) is 10.2 Å². The molecule has 2 saturated heterocycles. The van der Waals surface area contributed by atoms with Crippen LogP contribution in [0.25, 0.3) is 0 Å². The Hall–Kier alpha value is -2.60. The predicted octanol–water partition coefficient (Wildman–Crippen LogP) is 3.06. The Morgan fingerprint density at radius 2 is 2.11 bits per heavy atom. The summed E-state index contributed by atoms with van der Waals surface area (Å²) in [5, 5.41) is 6.32. The predicted molar refractivity (Wildman–Crippen MR) is 103 cm³/mol. The molecule has 2 aromatic rings. The van der Waals surface area contributed by atoms with E-state index in [0.717, 1.165) is 38.2 Å². The highest BCUT2D eigenvalue weighted by molar-refractivity contribution is 6.04. The number of nitrogens with one attached hydrogen (secondary N) is 2. The Balaban J connectivity index is 1.50. The van der Waals surface area contributed by atoms with Gasteiger partial charge in [0.2, 0.25) is 0 Å². The van der Waals surface area contributed by atoms with Gasteiger partial charge in [0, 0.05) is 36.3 Å². The molecule has 1 spiro atoms. The van der Waals surface area contributed by atoms with Crippen LogP contribution in [-0.2, 0) is 0 Å². The van der Waals surface area contributed by atoms with Crippen LogP contribution in [0, 0.1) is 12.3 Å². The minimum Gasteiger partial charge on any atom is -0.459 e. The number of rotatable bonds is 3. The molecule has 6 heteroatoms. The minimum atomic E-state index is -0.318. The van der Waals surface area contributed by atoms with Crippen LogP contribution in [0.4, 0.5) is 5.69 Å². The molecule has 2 fully saturated rings.